The van der Waals surface area contributed by atoms with Gasteiger partial charge in [-0.25, -0.2) is 0 Å². The van der Waals surface area contributed by atoms with Gasteiger partial charge in [-0.15, -0.1) is 0 Å². The molecule has 2 nitrogen and oxygen atoms in total. The molecule has 1 aliphatic rings. The van der Waals surface area contributed by atoms with E-state index in [0.29, 0.717) is 24.6 Å². The number of rotatable bonds is 4. The molecule has 0 aliphatic carbocycles. The van der Waals surface area contributed by atoms with Gasteiger partial charge >= 0.3 is 0 Å². The summed E-state index contributed by atoms with van der Waals surface area (Å²) in [4.78, 5) is 14.2. The zero-order valence-electron chi connectivity index (χ0n) is 14.9. The SMILES string of the molecule is [2H]CC([2H])(C(=O)c1ccccc1)C([2H])([2H])N1CCC(C)CC1. The predicted octanol–water partition coefficient (Wildman–Crippen LogP) is 3.24. The molecule has 1 saturated heterocycles. The highest BCUT2D eigenvalue weighted by Gasteiger charge is 2.21. The van der Waals surface area contributed by atoms with Crippen molar-refractivity contribution in [1.29, 1.82) is 0 Å². The normalized spacial score (nSPS) is 25.4. The third kappa shape index (κ3) is 3.42. The molecule has 0 N–H and O–H groups in total. The monoisotopic (exact) mass is 249 g/mol. The Bertz CT molecular complexity index is 514. The molecule has 1 aromatic carbocycles. The molecule has 1 heterocycles. The lowest BCUT2D eigenvalue weighted by Gasteiger charge is -2.31. The second-order valence-electron chi connectivity index (χ2n) is 4.96. The summed E-state index contributed by atoms with van der Waals surface area (Å²) in [7, 11) is 0. The quantitative estimate of drug-likeness (QED) is 0.764. The molecular formula is C16H23NO. The Kier molecular flexibility index (Phi) is 3.03. The first-order chi connectivity index (χ1) is 10.3. The molecule has 1 atom stereocenters. The Balaban J connectivity index is 2.29. The van der Waals surface area contributed by atoms with E-state index in [2.05, 4.69) is 6.92 Å². The summed E-state index contributed by atoms with van der Waals surface area (Å²) in [6.07, 6.45) is 1.71. The summed E-state index contributed by atoms with van der Waals surface area (Å²) < 4.78 is 32.9. The molecule has 0 bridgehead atoms. The molecule has 1 unspecified atom stereocenters. The van der Waals surface area contributed by atoms with Crippen LogP contribution in [0.1, 0.15) is 42.5 Å². The lowest BCUT2D eigenvalue weighted by atomic mass is 9.95. The smallest absolute Gasteiger partial charge is 0.166 e. The number of Topliss-reactive ketones (excluding diaryl/α,β-unsaturated/α-hetero) is 1. The number of benzene rings is 1. The van der Waals surface area contributed by atoms with E-state index in [-0.39, 0.29) is 0 Å². The van der Waals surface area contributed by atoms with Crippen molar-refractivity contribution in [1.82, 2.24) is 4.90 Å². The molecule has 98 valence electrons. The number of nitrogens with zero attached hydrogens (tertiary/aromatic N) is 1. The molecule has 18 heavy (non-hydrogen) atoms. The van der Waals surface area contributed by atoms with Crippen LogP contribution in [0, 0.1) is 11.8 Å². The summed E-state index contributed by atoms with van der Waals surface area (Å²) in [5, 5.41) is 0. The third-order valence-corrected chi connectivity index (χ3v) is 3.39. The van der Waals surface area contributed by atoms with Crippen LogP contribution < -0.4 is 0 Å². The maximum Gasteiger partial charge on any atom is 0.166 e. The Labute approximate surface area is 116 Å². The average Bonchev–Trinajstić information content (AvgIpc) is 2.54. The van der Waals surface area contributed by atoms with Crippen LogP contribution in [-0.2, 0) is 0 Å². The molecular weight excluding hydrogens is 222 g/mol. The number of carbonyl (C=O) groups excluding carboxylic acids is 1. The second kappa shape index (κ2) is 6.14. The molecule has 1 aromatic rings. The highest BCUT2D eigenvalue weighted by molar-refractivity contribution is 5.97. The summed E-state index contributed by atoms with van der Waals surface area (Å²) in [6.45, 7) is 0.426. The number of piperidine rings is 1. The number of likely N-dealkylation sites (tertiary alicyclic amines) is 1. The van der Waals surface area contributed by atoms with Gasteiger partial charge in [-0.05, 0) is 31.8 Å². The topological polar surface area (TPSA) is 20.3 Å². The van der Waals surface area contributed by atoms with Gasteiger partial charge in [-0.2, -0.15) is 0 Å². The molecule has 2 rings (SSSR count). The van der Waals surface area contributed by atoms with Crippen LogP contribution in [0.3, 0.4) is 0 Å². The number of hydrogen-bond acceptors (Lipinski definition) is 2. The number of hydrogen-bond donors (Lipinski definition) is 0. The lowest BCUT2D eigenvalue weighted by molar-refractivity contribution is 0.0873. The summed E-state index contributed by atoms with van der Waals surface area (Å²) in [5.41, 5.74) is 0.291. The highest BCUT2D eigenvalue weighted by Crippen LogP contribution is 2.18. The van der Waals surface area contributed by atoms with Gasteiger partial charge in [0, 0.05) is 23.4 Å². The van der Waals surface area contributed by atoms with E-state index in [1.165, 1.54) is 0 Å². The Morgan fingerprint density at radius 2 is 2.17 bits per heavy atom. The van der Waals surface area contributed by atoms with E-state index in [4.69, 9.17) is 5.48 Å². The zero-order valence-corrected chi connectivity index (χ0v) is 10.9. The Hall–Kier alpha value is -1.15. The van der Waals surface area contributed by atoms with Crippen molar-refractivity contribution in [3.8, 4) is 0 Å². The Morgan fingerprint density at radius 1 is 1.50 bits per heavy atom. The zero-order chi connectivity index (χ0) is 16.4. The van der Waals surface area contributed by atoms with E-state index in [9.17, 15) is 4.79 Å². The van der Waals surface area contributed by atoms with Gasteiger partial charge in [0.25, 0.3) is 0 Å². The average molecular weight is 249 g/mol. The van der Waals surface area contributed by atoms with Crippen LogP contribution in [0.25, 0.3) is 0 Å². The fraction of sp³-hybridized carbons (Fsp3) is 0.562. The van der Waals surface area contributed by atoms with E-state index in [1.807, 2.05) is 0 Å². The van der Waals surface area contributed by atoms with Crippen LogP contribution in [0.5, 0.6) is 0 Å². The van der Waals surface area contributed by atoms with Crippen molar-refractivity contribution < 1.29 is 10.3 Å². The minimum absolute atomic E-state index is 0.291. The van der Waals surface area contributed by atoms with Crippen molar-refractivity contribution in [2.75, 3.05) is 19.6 Å². The number of carbonyl (C=O) groups is 1. The summed E-state index contributed by atoms with van der Waals surface area (Å²) in [5.74, 6) is -2.20. The summed E-state index contributed by atoms with van der Waals surface area (Å²) in [6, 6.07) is 8.31. The Morgan fingerprint density at radius 3 is 2.78 bits per heavy atom. The minimum Gasteiger partial charge on any atom is -0.303 e. The molecule has 0 saturated carbocycles. The first kappa shape index (κ1) is 8.87. The van der Waals surface area contributed by atoms with Gasteiger partial charge in [0.2, 0.25) is 0 Å². The first-order valence-corrected chi connectivity index (χ1v) is 6.47. The van der Waals surface area contributed by atoms with Gasteiger partial charge in [0.15, 0.2) is 5.78 Å². The predicted molar refractivity (Wildman–Crippen MR) is 74.8 cm³/mol. The maximum absolute atomic E-state index is 12.7. The van der Waals surface area contributed by atoms with Crippen LogP contribution in [0.4, 0.5) is 0 Å². The molecule has 1 fully saturated rings. The first-order valence-electron chi connectivity index (χ1n) is 8.68. The summed E-state index contributed by atoms with van der Waals surface area (Å²) >= 11 is 0. The molecule has 2 heteroatoms. The van der Waals surface area contributed by atoms with Crippen LogP contribution in [0.2, 0.25) is 0 Å². The van der Waals surface area contributed by atoms with Crippen molar-refractivity contribution in [2.45, 2.75) is 26.7 Å². The van der Waals surface area contributed by atoms with E-state index >= 15 is 0 Å². The molecule has 0 aromatic heterocycles. The van der Waals surface area contributed by atoms with Crippen molar-refractivity contribution in [3.63, 3.8) is 0 Å². The maximum atomic E-state index is 12.7. The van der Waals surface area contributed by atoms with Gasteiger partial charge in [-0.3, -0.25) is 4.79 Å². The minimum atomic E-state index is -2.15. The fourth-order valence-electron chi connectivity index (χ4n) is 2.13. The van der Waals surface area contributed by atoms with Gasteiger partial charge in [0.1, 0.15) is 0 Å². The van der Waals surface area contributed by atoms with E-state index < -0.39 is 25.1 Å². The van der Waals surface area contributed by atoms with Gasteiger partial charge in [-0.1, -0.05) is 44.2 Å². The largest absolute Gasteiger partial charge is 0.303 e. The van der Waals surface area contributed by atoms with Gasteiger partial charge < -0.3 is 4.90 Å². The molecule has 0 spiro atoms. The fourth-order valence-corrected chi connectivity index (χ4v) is 2.13. The number of ketones is 1. The van der Waals surface area contributed by atoms with Crippen molar-refractivity contribution in [2.24, 2.45) is 11.8 Å². The van der Waals surface area contributed by atoms with E-state index in [0.717, 1.165) is 12.8 Å². The van der Waals surface area contributed by atoms with Crippen LogP contribution >= 0.6 is 0 Å². The standard InChI is InChI=1S/C16H23NO/c1-13-8-10-17(11-9-13)12-14(2)16(18)15-6-4-3-5-7-15/h3-7,13-14H,8-12H2,1-2H3/i2D,12D2,14D. The van der Waals surface area contributed by atoms with Crippen LogP contribution in [-0.4, -0.2) is 30.3 Å². The van der Waals surface area contributed by atoms with Crippen LogP contribution in [0.15, 0.2) is 30.3 Å². The van der Waals surface area contributed by atoms with Gasteiger partial charge in [0.05, 0.1) is 0 Å². The third-order valence-electron chi connectivity index (χ3n) is 3.39. The molecule has 0 amide bonds. The molecule has 0 radical (unpaired) electrons. The van der Waals surface area contributed by atoms with Crippen molar-refractivity contribution in [3.05, 3.63) is 35.9 Å². The lowest BCUT2D eigenvalue weighted by Crippen LogP contribution is -2.37. The van der Waals surface area contributed by atoms with Crippen molar-refractivity contribution >= 4 is 5.78 Å². The van der Waals surface area contributed by atoms with E-state index in [1.54, 1.807) is 35.2 Å². The second-order valence-corrected chi connectivity index (χ2v) is 4.96. The highest BCUT2D eigenvalue weighted by atomic mass is 16.1. The molecule has 1 aliphatic heterocycles.